The van der Waals surface area contributed by atoms with Gasteiger partial charge in [0.1, 0.15) is 5.75 Å². The molecule has 2 aliphatic carbocycles. The van der Waals surface area contributed by atoms with Gasteiger partial charge in [-0.1, -0.05) is 29.6 Å². The predicted molar refractivity (Wildman–Crippen MR) is 83.7 cm³/mol. The van der Waals surface area contributed by atoms with Crippen LogP contribution in [0.25, 0.3) is 0 Å². The second-order valence-corrected chi connectivity index (χ2v) is 7.00. The van der Waals surface area contributed by atoms with E-state index in [1.54, 1.807) is 6.07 Å². The quantitative estimate of drug-likeness (QED) is 0.879. The van der Waals surface area contributed by atoms with Crippen LogP contribution in [0.3, 0.4) is 0 Å². The molecule has 0 spiro atoms. The molecule has 4 heteroatoms. The average Bonchev–Trinajstić information content (AvgIpc) is 3.00. The molecule has 110 valence electrons. The molecule has 2 N–H and O–H groups in total. The van der Waals surface area contributed by atoms with Gasteiger partial charge in [0.2, 0.25) is 0 Å². The Balaban J connectivity index is 1.70. The molecule has 3 unspecified atom stereocenters. The average molecular weight is 314 g/mol. The van der Waals surface area contributed by atoms with Crippen molar-refractivity contribution in [2.45, 2.75) is 32.1 Å². The van der Waals surface area contributed by atoms with Crippen molar-refractivity contribution in [1.82, 2.24) is 0 Å². The second-order valence-electron chi connectivity index (χ2n) is 6.16. The fraction of sp³-hybridized carbons (Fsp3) is 0.625. The molecule has 0 saturated heterocycles. The molecule has 2 bridgehead atoms. The molecule has 2 saturated carbocycles. The highest BCUT2D eigenvalue weighted by Crippen LogP contribution is 2.48. The Kier molecular flexibility index (Phi) is 4.44. The Morgan fingerprint density at radius 3 is 2.70 bits per heavy atom. The first kappa shape index (κ1) is 14.5. The highest BCUT2D eigenvalue weighted by Gasteiger charge is 2.39. The molecule has 0 aromatic heterocycles. The van der Waals surface area contributed by atoms with Gasteiger partial charge in [-0.2, -0.15) is 0 Å². The zero-order valence-corrected chi connectivity index (χ0v) is 13.1. The number of rotatable bonds is 5. The summed E-state index contributed by atoms with van der Waals surface area (Å²) in [6.45, 7) is 1.35. The summed E-state index contributed by atoms with van der Waals surface area (Å²) < 4.78 is 6.07. The van der Waals surface area contributed by atoms with Crippen LogP contribution < -0.4 is 10.5 Å². The molecule has 20 heavy (non-hydrogen) atoms. The zero-order valence-electron chi connectivity index (χ0n) is 11.6. The van der Waals surface area contributed by atoms with Crippen LogP contribution in [-0.4, -0.2) is 13.2 Å². The second kappa shape index (κ2) is 6.13. The lowest BCUT2D eigenvalue weighted by atomic mass is 9.89. The molecule has 3 atom stereocenters. The maximum absolute atomic E-state index is 6.28. The van der Waals surface area contributed by atoms with Crippen molar-refractivity contribution in [2.24, 2.45) is 23.5 Å². The highest BCUT2D eigenvalue weighted by atomic mass is 35.5. The van der Waals surface area contributed by atoms with Gasteiger partial charge in [0, 0.05) is 5.02 Å². The lowest BCUT2D eigenvalue weighted by Gasteiger charge is -2.23. The largest absolute Gasteiger partial charge is 0.491 e. The summed E-state index contributed by atoms with van der Waals surface area (Å²) in [5, 5.41) is 1.25. The van der Waals surface area contributed by atoms with Crippen molar-refractivity contribution >= 4 is 23.2 Å². The number of halogens is 2. The van der Waals surface area contributed by atoms with Crippen LogP contribution in [0.2, 0.25) is 10.0 Å². The number of fused-ring (bicyclic) bond motifs is 2. The molecule has 0 radical (unpaired) electrons. The normalized spacial score (nSPS) is 28.1. The summed E-state index contributed by atoms with van der Waals surface area (Å²) in [6, 6.07) is 3.66. The fourth-order valence-corrected chi connectivity index (χ4v) is 4.48. The van der Waals surface area contributed by atoms with Gasteiger partial charge in [-0.15, -0.1) is 0 Å². The third-order valence-corrected chi connectivity index (χ3v) is 5.32. The Hall–Kier alpha value is -0.440. The minimum absolute atomic E-state index is 0.571. The van der Waals surface area contributed by atoms with E-state index in [9.17, 15) is 0 Å². The van der Waals surface area contributed by atoms with E-state index in [1.165, 1.54) is 25.7 Å². The van der Waals surface area contributed by atoms with Crippen LogP contribution >= 0.6 is 23.2 Å². The smallest absolute Gasteiger partial charge is 0.141 e. The van der Waals surface area contributed by atoms with Crippen LogP contribution in [0, 0.1) is 17.8 Å². The van der Waals surface area contributed by atoms with E-state index in [0.717, 1.165) is 36.2 Å². The van der Waals surface area contributed by atoms with Crippen LogP contribution in [0.1, 0.15) is 31.2 Å². The van der Waals surface area contributed by atoms with Gasteiger partial charge >= 0.3 is 0 Å². The molecule has 2 nitrogen and oxygen atoms in total. The first-order valence-electron chi connectivity index (χ1n) is 7.48. The number of benzene rings is 1. The Labute approximate surface area is 130 Å². The van der Waals surface area contributed by atoms with Gasteiger partial charge in [0.25, 0.3) is 0 Å². The number of hydrogen-bond donors (Lipinski definition) is 1. The Morgan fingerprint density at radius 1 is 1.20 bits per heavy atom. The standard InChI is InChI=1S/C16H21Cl2NO/c17-14-7-12(3-4-19)16(15(18)8-14)20-9-13-6-10-1-2-11(13)5-10/h7-8,10-11,13H,1-6,9,19H2. The van der Waals surface area contributed by atoms with Gasteiger partial charge in [-0.25, -0.2) is 0 Å². The minimum Gasteiger partial charge on any atom is -0.491 e. The first-order valence-corrected chi connectivity index (χ1v) is 8.23. The van der Waals surface area contributed by atoms with Crippen molar-refractivity contribution < 1.29 is 4.74 Å². The SMILES string of the molecule is NCCc1cc(Cl)cc(Cl)c1OCC1CC2CCC1C2. The lowest BCUT2D eigenvalue weighted by Crippen LogP contribution is -2.19. The molecule has 0 heterocycles. The van der Waals surface area contributed by atoms with E-state index in [0.29, 0.717) is 22.5 Å². The van der Waals surface area contributed by atoms with Crippen LogP contribution in [0.5, 0.6) is 5.75 Å². The van der Waals surface area contributed by atoms with Crippen molar-refractivity contribution in [2.75, 3.05) is 13.2 Å². The van der Waals surface area contributed by atoms with E-state index in [2.05, 4.69) is 0 Å². The summed E-state index contributed by atoms with van der Waals surface area (Å²) in [7, 11) is 0. The fourth-order valence-electron chi connectivity index (χ4n) is 3.89. The number of ether oxygens (including phenoxy) is 1. The van der Waals surface area contributed by atoms with E-state index in [1.807, 2.05) is 6.07 Å². The predicted octanol–water partition coefficient (Wildman–Crippen LogP) is 4.31. The molecule has 3 rings (SSSR count). The van der Waals surface area contributed by atoms with E-state index in [-0.39, 0.29) is 0 Å². The van der Waals surface area contributed by atoms with Gasteiger partial charge in [0.05, 0.1) is 11.6 Å². The monoisotopic (exact) mass is 313 g/mol. The topological polar surface area (TPSA) is 35.2 Å². The maximum Gasteiger partial charge on any atom is 0.141 e. The number of hydrogen-bond acceptors (Lipinski definition) is 2. The van der Waals surface area contributed by atoms with Crippen molar-refractivity contribution in [3.63, 3.8) is 0 Å². The Morgan fingerprint density at radius 2 is 2.05 bits per heavy atom. The zero-order chi connectivity index (χ0) is 14.1. The van der Waals surface area contributed by atoms with Crippen molar-refractivity contribution in [3.05, 3.63) is 27.7 Å². The van der Waals surface area contributed by atoms with E-state index in [4.69, 9.17) is 33.7 Å². The third kappa shape index (κ3) is 2.93. The molecule has 2 aliphatic rings. The molecule has 1 aromatic carbocycles. The summed E-state index contributed by atoms with van der Waals surface area (Å²) in [5.41, 5.74) is 6.68. The van der Waals surface area contributed by atoms with E-state index < -0.39 is 0 Å². The van der Waals surface area contributed by atoms with Gasteiger partial charge < -0.3 is 10.5 Å². The first-order chi connectivity index (χ1) is 9.67. The molecular weight excluding hydrogens is 293 g/mol. The molecular formula is C16H21Cl2NO. The number of nitrogens with two attached hydrogens (primary N) is 1. The van der Waals surface area contributed by atoms with Crippen LogP contribution in [0.4, 0.5) is 0 Å². The van der Waals surface area contributed by atoms with Crippen molar-refractivity contribution in [3.8, 4) is 5.75 Å². The highest BCUT2D eigenvalue weighted by molar-refractivity contribution is 6.35. The molecule has 2 fully saturated rings. The summed E-state index contributed by atoms with van der Waals surface area (Å²) in [4.78, 5) is 0. The summed E-state index contributed by atoms with van der Waals surface area (Å²) in [5.74, 6) is 3.29. The lowest BCUT2D eigenvalue weighted by molar-refractivity contribution is 0.194. The van der Waals surface area contributed by atoms with Gasteiger partial charge in [0.15, 0.2) is 0 Å². The van der Waals surface area contributed by atoms with Gasteiger partial charge in [-0.05, 0) is 67.7 Å². The molecule has 0 aliphatic heterocycles. The Bertz CT molecular complexity index is 492. The van der Waals surface area contributed by atoms with Crippen LogP contribution in [-0.2, 0) is 6.42 Å². The van der Waals surface area contributed by atoms with E-state index >= 15 is 0 Å². The molecule has 1 aromatic rings. The van der Waals surface area contributed by atoms with Gasteiger partial charge in [-0.3, -0.25) is 0 Å². The minimum atomic E-state index is 0.571. The summed E-state index contributed by atoms with van der Waals surface area (Å²) in [6.07, 6.45) is 6.26. The summed E-state index contributed by atoms with van der Waals surface area (Å²) >= 11 is 12.3. The molecule has 0 amide bonds. The van der Waals surface area contributed by atoms with Crippen LogP contribution in [0.15, 0.2) is 12.1 Å². The third-order valence-electron chi connectivity index (χ3n) is 4.83. The maximum atomic E-state index is 6.28. The van der Waals surface area contributed by atoms with Crippen molar-refractivity contribution in [1.29, 1.82) is 0 Å².